The van der Waals surface area contributed by atoms with Crippen molar-refractivity contribution in [2.24, 2.45) is 0 Å². The number of aromatic amines is 1. The summed E-state index contributed by atoms with van der Waals surface area (Å²) in [7, 11) is 0. The maximum Gasteiger partial charge on any atom is 0.317 e. The molecule has 2 atom stereocenters. The predicted octanol–water partition coefficient (Wildman–Crippen LogP) is 3.39. The van der Waals surface area contributed by atoms with Gasteiger partial charge in [-0.2, -0.15) is 0 Å². The Morgan fingerprint density at radius 3 is 2.81 bits per heavy atom. The topological polar surface area (TPSA) is 112 Å². The summed E-state index contributed by atoms with van der Waals surface area (Å²) in [6.07, 6.45) is 10.0. The lowest BCUT2D eigenvalue weighted by Crippen LogP contribution is -2.47. The molecule has 2 fully saturated rings. The van der Waals surface area contributed by atoms with Crippen LogP contribution in [0.15, 0.2) is 18.7 Å². The van der Waals surface area contributed by atoms with Crippen molar-refractivity contribution in [1.82, 2.24) is 35.1 Å². The summed E-state index contributed by atoms with van der Waals surface area (Å²) in [6.45, 7) is 3.56. The van der Waals surface area contributed by atoms with Gasteiger partial charge in [0.2, 0.25) is 0 Å². The molecule has 3 aromatic rings. The van der Waals surface area contributed by atoms with Gasteiger partial charge in [0.05, 0.1) is 11.8 Å². The molecule has 3 aromatic heterocycles. The Labute approximate surface area is 185 Å². The zero-order valence-corrected chi connectivity index (χ0v) is 18.1. The fraction of sp³-hybridized carbons (Fsp3) is 0.500. The van der Waals surface area contributed by atoms with Crippen molar-refractivity contribution in [3.63, 3.8) is 0 Å². The average Bonchev–Trinajstić information content (AvgIpc) is 3.43. The van der Waals surface area contributed by atoms with Crippen LogP contribution in [0.25, 0.3) is 22.4 Å². The van der Waals surface area contributed by atoms with Gasteiger partial charge in [0.25, 0.3) is 0 Å². The molecule has 168 valence electrons. The summed E-state index contributed by atoms with van der Waals surface area (Å²) < 4.78 is 14.6. The van der Waals surface area contributed by atoms with E-state index in [1.165, 1.54) is 12.5 Å². The predicted molar refractivity (Wildman–Crippen MR) is 119 cm³/mol. The van der Waals surface area contributed by atoms with E-state index >= 15 is 0 Å². The third kappa shape index (κ3) is 4.09. The largest absolute Gasteiger partial charge is 0.365 e. The monoisotopic (exact) mass is 438 g/mol. The Morgan fingerprint density at radius 2 is 1.97 bits per heavy atom. The van der Waals surface area contributed by atoms with Crippen molar-refractivity contribution in [2.75, 3.05) is 18.4 Å². The van der Waals surface area contributed by atoms with E-state index in [-0.39, 0.29) is 23.9 Å². The van der Waals surface area contributed by atoms with Crippen molar-refractivity contribution >= 4 is 22.9 Å². The summed E-state index contributed by atoms with van der Waals surface area (Å²) in [5, 5.41) is 7.21. The first-order chi connectivity index (χ1) is 15.6. The van der Waals surface area contributed by atoms with Gasteiger partial charge in [-0.3, -0.25) is 0 Å². The van der Waals surface area contributed by atoms with Crippen LogP contribution in [0.2, 0.25) is 0 Å². The smallest absolute Gasteiger partial charge is 0.317 e. The highest BCUT2D eigenvalue weighted by atomic mass is 19.1. The summed E-state index contributed by atoms with van der Waals surface area (Å²) in [5.41, 5.74) is 2.31. The fourth-order valence-corrected chi connectivity index (χ4v) is 4.76. The zero-order chi connectivity index (χ0) is 22.1. The molecule has 0 bridgehead atoms. The molecule has 9 nitrogen and oxygen atoms in total. The molecule has 1 aliphatic heterocycles. The van der Waals surface area contributed by atoms with Crippen LogP contribution in [-0.4, -0.2) is 61.0 Å². The minimum atomic E-state index is -0.495. The molecule has 32 heavy (non-hydrogen) atoms. The Balaban J connectivity index is 1.32. The number of aryl methyl sites for hydroxylation is 1. The van der Waals surface area contributed by atoms with Gasteiger partial charge in [0, 0.05) is 42.5 Å². The van der Waals surface area contributed by atoms with Gasteiger partial charge in [-0.1, -0.05) is 0 Å². The Morgan fingerprint density at radius 1 is 1.16 bits per heavy atom. The molecule has 1 saturated carbocycles. The summed E-state index contributed by atoms with van der Waals surface area (Å²) in [6, 6.07) is 0.115. The number of hydrogen-bond acceptors (Lipinski definition) is 6. The van der Waals surface area contributed by atoms with Gasteiger partial charge in [0.15, 0.2) is 17.5 Å². The summed E-state index contributed by atoms with van der Waals surface area (Å²) in [5.74, 6) is 0.102. The summed E-state index contributed by atoms with van der Waals surface area (Å²) >= 11 is 0. The Hall–Kier alpha value is -3.30. The van der Waals surface area contributed by atoms with E-state index in [1.807, 2.05) is 11.8 Å². The van der Waals surface area contributed by atoms with Crippen LogP contribution in [0.4, 0.5) is 15.0 Å². The number of rotatable bonds is 4. The first kappa shape index (κ1) is 20.6. The van der Waals surface area contributed by atoms with E-state index in [2.05, 4.69) is 35.6 Å². The second kappa shape index (κ2) is 8.68. The highest BCUT2D eigenvalue weighted by Crippen LogP contribution is 2.30. The number of carbonyl (C=O) groups is 1. The second-order valence-corrected chi connectivity index (χ2v) is 8.65. The molecule has 0 aromatic carbocycles. The number of fused-ring (bicyclic) bond motifs is 1. The lowest BCUT2D eigenvalue weighted by Gasteiger charge is -2.32. The van der Waals surface area contributed by atoms with Gasteiger partial charge in [-0.05, 0) is 45.4 Å². The third-order valence-corrected chi connectivity index (χ3v) is 6.37. The van der Waals surface area contributed by atoms with Crippen molar-refractivity contribution in [3.8, 4) is 11.4 Å². The number of likely N-dealkylation sites (tertiary alicyclic amines) is 1. The Bertz CT molecular complexity index is 1130. The van der Waals surface area contributed by atoms with E-state index in [0.717, 1.165) is 68.3 Å². The maximum absolute atomic E-state index is 14.6. The van der Waals surface area contributed by atoms with E-state index in [4.69, 9.17) is 0 Å². The number of halogens is 1. The van der Waals surface area contributed by atoms with Crippen molar-refractivity contribution in [2.45, 2.75) is 57.5 Å². The number of urea groups is 1. The number of amides is 2. The Kier molecular flexibility index (Phi) is 5.59. The van der Waals surface area contributed by atoms with E-state index in [9.17, 15) is 9.18 Å². The lowest BCUT2D eigenvalue weighted by atomic mass is 9.91. The molecule has 1 saturated heterocycles. The molecular formula is C22H27FN8O. The number of aromatic nitrogens is 5. The number of nitrogens with zero attached hydrogens (tertiary/aromatic N) is 5. The van der Waals surface area contributed by atoms with Gasteiger partial charge in [0.1, 0.15) is 12.0 Å². The summed E-state index contributed by atoms with van der Waals surface area (Å²) in [4.78, 5) is 34.6. The first-order valence-electron chi connectivity index (χ1n) is 11.2. The minimum absolute atomic E-state index is 0.0145. The fourth-order valence-electron chi connectivity index (χ4n) is 4.76. The molecule has 4 heterocycles. The van der Waals surface area contributed by atoms with E-state index < -0.39 is 5.82 Å². The van der Waals surface area contributed by atoms with Crippen LogP contribution in [-0.2, 0) is 0 Å². The zero-order valence-electron chi connectivity index (χ0n) is 18.1. The van der Waals surface area contributed by atoms with Crippen LogP contribution >= 0.6 is 0 Å². The highest BCUT2D eigenvalue weighted by Gasteiger charge is 2.27. The van der Waals surface area contributed by atoms with Crippen LogP contribution in [0.1, 0.15) is 44.2 Å². The quantitative estimate of drug-likeness (QED) is 0.576. The molecule has 2 amide bonds. The SMILES string of the molecule is Cc1[nH]c2ncncc2c1-c1ncc(F)c(NC2CCC[C@H](NC(=O)N3CCCC3)C2)n1. The van der Waals surface area contributed by atoms with E-state index in [0.29, 0.717) is 11.5 Å². The number of H-pyrrole nitrogens is 1. The average molecular weight is 439 g/mol. The highest BCUT2D eigenvalue weighted by molar-refractivity contribution is 5.93. The van der Waals surface area contributed by atoms with Crippen LogP contribution in [0.5, 0.6) is 0 Å². The van der Waals surface area contributed by atoms with E-state index in [1.54, 1.807) is 6.20 Å². The molecule has 0 spiro atoms. The number of hydrogen-bond donors (Lipinski definition) is 3. The maximum atomic E-state index is 14.6. The van der Waals surface area contributed by atoms with Crippen LogP contribution < -0.4 is 10.6 Å². The molecule has 3 N–H and O–H groups in total. The number of carbonyl (C=O) groups excluding carboxylic acids is 1. The molecular weight excluding hydrogens is 411 g/mol. The van der Waals surface area contributed by atoms with Crippen LogP contribution in [0.3, 0.4) is 0 Å². The van der Waals surface area contributed by atoms with Gasteiger partial charge in [-0.15, -0.1) is 0 Å². The lowest BCUT2D eigenvalue weighted by molar-refractivity contribution is 0.199. The van der Waals surface area contributed by atoms with Crippen LogP contribution in [0, 0.1) is 12.7 Å². The molecule has 1 unspecified atom stereocenters. The minimum Gasteiger partial charge on any atom is -0.365 e. The first-order valence-corrected chi connectivity index (χ1v) is 11.2. The standard InChI is InChI=1S/C22H27FN8O/c1-13-18(16-10-24-12-26-19(16)27-13)21-25-11-17(23)20(30-21)28-14-5-4-6-15(9-14)29-22(32)31-7-2-3-8-31/h10-12,14-15H,2-9H2,1H3,(H,29,32)(H,24,26,27)(H,25,28,30)/t14?,15-/m0/s1. The molecule has 2 aliphatic rings. The number of nitrogens with one attached hydrogen (secondary N) is 3. The van der Waals surface area contributed by atoms with Crippen molar-refractivity contribution < 1.29 is 9.18 Å². The number of anilines is 1. The van der Waals surface area contributed by atoms with Gasteiger partial charge >= 0.3 is 6.03 Å². The molecule has 1 aliphatic carbocycles. The second-order valence-electron chi connectivity index (χ2n) is 8.65. The molecule has 5 rings (SSSR count). The molecule has 10 heteroatoms. The van der Waals surface area contributed by atoms with Gasteiger partial charge in [-0.25, -0.2) is 29.1 Å². The third-order valence-electron chi connectivity index (χ3n) is 6.37. The molecule has 0 radical (unpaired) electrons. The van der Waals surface area contributed by atoms with Gasteiger partial charge < -0.3 is 20.5 Å². The van der Waals surface area contributed by atoms with Crippen molar-refractivity contribution in [1.29, 1.82) is 0 Å². The normalized spacial score (nSPS) is 21.1. The van der Waals surface area contributed by atoms with Crippen molar-refractivity contribution in [3.05, 3.63) is 30.2 Å².